The minimum absolute atomic E-state index is 0.580. The number of aromatic nitrogens is 2. The van der Waals surface area contributed by atoms with Gasteiger partial charge in [-0.2, -0.15) is 0 Å². The second-order valence-electron chi connectivity index (χ2n) is 4.55. The van der Waals surface area contributed by atoms with Gasteiger partial charge in [-0.1, -0.05) is 6.07 Å². The molecule has 1 aromatic carbocycles. The zero-order valence-electron chi connectivity index (χ0n) is 10.4. The van der Waals surface area contributed by atoms with Crippen molar-refractivity contribution >= 4 is 26.8 Å². The van der Waals surface area contributed by atoms with Crippen LogP contribution in [-0.2, 0) is 13.1 Å². The summed E-state index contributed by atoms with van der Waals surface area (Å²) in [7, 11) is 0. The van der Waals surface area contributed by atoms with Crippen molar-refractivity contribution in [2.45, 2.75) is 13.1 Å². The minimum atomic E-state index is 0.580. The molecule has 19 heavy (non-hydrogen) atoms. The number of benzene rings is 1. The SMILES string of the molecule is NCc1ccc2c(ccn2Cc2cncc(Br)c2)c1. The lowest BCUT2D eigenvalue weighted by molar-refractivity contribution is 0.830. The molecule has 0 aliphatic carbocycles. The van der Waals surface area contributed by atoms with E-state index in [1.165, 1.54) is 16.5 Å². The van der Waals surface area contributed by atoms with Crippen LogP contribution in [0.4, 0.5) is 0 Å². The van der Waals surface area contributed by atoms with Crippen molar-refractivity contribution in [3.05, 3.63) is 64.5 Å². The van der Waals surface area contributed by atoms with Crippen molar-refractivity contribution in [1.29, 1.82) is 0 Å². The van der Waals surface area contributed by atoms with Gasteiger partial charge in [0.05, 0.1) is 0 Å². The molecule has 3 rings (SSSR count). The van der Waals surface area contributed by atoms with Crippen LogP contribution in [-0.4, -0.2) is 9.55 Å². The zero-order chi connectivity index (χ0) is 13.2. The number of nitrogens with two attached hydrogens (primary N) is 1. The molecule has 4 heteroatoms. The summed E-state index contributed by atoms with van der Waals surface area (Å²) in [5.41, 5.74) is 9.22. The monoisotopic (exact) mass is 315 g/mol. The molecule has 3 nitrogen and oxygen atoms in total. The Kier molecular flexibility index (Phi) is 3.36. The lowest BCUT2D eigenvalue weighted by Crippen LogP contribution is -1.99. The van der Waals surface area contributed by atoms with Crippen molar-refractivity contribution in [2.75, 3.05) is 0 Å². The summed E-state index contributed by atoms with van der Waals surface area (Å²) in [6.45, 7) is 1.40. The number of hydrogen-bond donors (Lipinski definition) is 1. The number of pyridine rings is 1. The first-order valence-corrected chi connectivity index (χ1v) is 6.93. The maximum Gasteiger partial charge on any atom is 0.0491 e. The van der Waals surface area contributed by atoms with E-state index in [4.69, 9.17) is 5.73 Å². The van der Waals surface area contributed by atoms with Crippen LogP contribution in [0.15, 0.2) is 53.4 Å². The van der Waals surface area contributed by atoms with Crippen LogP contribution in [0.3, 0.4) is 0 Å². The molecule has 0 saturated carbocycles. The second-order valence-corrected chi connectivity index (χ2v) is 5.47. The molecule has 0 aliphatic heterocycles. The molecule has 0 unspecified atom stereocenters. The van der Waals surface area contributed by atoms with Gasteiger partial charge >= 0.3 is 0 Å². The first-order chi connectivity index (χ1) is 9.26. The molecule has 2 heterocycles. The van der Waals surface area contributed by atoms with E-state index in [0.717, 1.165) is 16.6 Å². The number of hydrogen-bond acceptors (Lipinski definition) is 2. The van der Waals surface area contributed by atoms with Gasteiger partial charge in [0.2, 0.25) is 0 Å². The molecule has 0 bridgehead atoms. The third kappa shape index (κ3) is 2.55. The van der Waals surface area contributed by atoms with E-state index in [1.54, 1.807) is 6.20 Å². The summed E-state index contributed by atoms with van der Waals surface area (Å²) in [6.07, 6.45) is 5.79. The van der Waals surface area contributed by atoms with E-state index in [-0.39, 0.29) is 0 Å². The summed E-state index contributed by atoms with van der Waals surface area (Å²) >= 11 is 3.45. The van der Waals surface area contributed by atoms with E-state index in [1.807, 2.05) is 6.20 Å². The van der Waals surface area contributed by atoms with Crippen molar-refractivity contribution in [3.63, 3.8) is 0 Å². The van der Waals surface area contributed by atoms with E-state index < -0.39 is 0 Å². The highest BCUT2D eigenvalue weighted by Crippen LogP contribution is 2.19. The first-order valence-electron chi connectivity index (χ1n) is 6.13. The average Bonchev–Trinajstić information content (AvgIpc) is 2.81. The Labute approximate surface area is 120 Å². The average molecular weight is 316 g/mol. The van der Waals surface area contributed by atoms with Crippen molar-refractivity contribution in [1.82, 2.24) is 9.55 Å². The Morgan fingerprint density at radius 2 is 2.00 bits per heavy atom. The Balaban J connectivity index is 1.97. The Morgan fingerprint density at radius 1 is 1.11 bits per heavy atom. The molecule has 0 aliphatic rings. The fourth-order valence-corrected chi connectivity index (χ4v) is 2.67. The van der Waals surface area contributed by atoms with Crippen LogP contribution < -0.4 is 5.73 Å². The predicted molar refractivity (Wildman–Crippen MR) is 80.9 cm³/mol. The van der Waals surface area contributed by atoms with Gasteiger partial charge in [0.25, 0.3) is 0 Å². The topological polar surface area (TPSA) is 43.8 Å². The lowest BCUT2D eigenvalue weighted by Gasteiger charge is -2.06. The Morgan fingerprint density at radius 3 is 2.79 bits per heavy atom. The van der Waals surface area contributed by atoms with Gasteiger partial charge in [-0.05, 0) is 56.7 Å². The molecular weight excluding hydrogens is 302 g/mol. The number of rotatable bonds is 3. The third-order valence-electron chi connectivity index (χ3n) is 3.19. The van der Waals surface area contributed by atoms with Gasteiger partial charge in [0.1, 0.15) is 0 Å². The van der Waals surface area contributed by atoms with E-state index in [9.17, 15) is 0 Å². The fourth-order valence-electron chi connectivity index (χ4n) is 2.25. The fraction of sp³-hybridized carbons (Fsp3) is 0.133. The Hall–Kier alpha value is -1.65. The highest BCUT2D eigenvalue weighted by molar-refractivity contribution is 9.10. The molecule has 2 aromatic heterocycles. The summed E-state index contributed by atoms with van der Waals surface area (Å²) in [4.78, 5) is 4.20. The number of nitrogens with zero attached hydrogens (tertiary/aromatic N) is 2. The van der Waals surface area contributed by atoms with Gasteiger partial charge in [-0.15, -0.1) is 0 Å². The Bertz CT molecular complexity index is 718. The maximum absolute atomic E-state index is 5.67. The van der Waals surface area contributed by atoms with Crippen LogP contribution in [0.5, 0.6) is 0 Å². The van der Waals surface area contributed by atoms with E-state index in [2.05, 4.69) is 62.0 Å². The highest BCUT2D eigenvalue weighted by Gasteiger charge is 2.03. The molecule has 0 saturated heterocycles. The summed E-state index contributed by atoms with van der Waals surface area (Å²) < 4.78 is 3.23. The summed E-state index contributed by atoms with van der Waals surface area (Å²) in [6, 6.07) is 10.6. The van der Waals surface area contributed by atoms with Crippen LogP contribution in [0, 0.1) is 0 Å². The number of halogens is 1. The third-order valence-corrected chi connectivity index (χ3v) is 3.62. The standard InChI is InChI=1S/C15H14BrN3/c16-14-6-12(8-18-9-14)10-19-4-3-13-5-11(7-17)1-2-15(13)19/h1-6,8-9H,7,10,17H2. The molecule has 0 radical (unpaired) electrons. The molecule has 0 amide bonds. The van der Waals surface area contributed by atoms with Crippen LogP contribution >= 0.6 is 15.9 Å². The van der Waals surface area contributed by atoms with E-state index >= 15 is 0 Å². The molecule has 0 atom stereocenters. The van der Waals surface area contributed by atoms with E-state index in [0.29, 0.717) is 6.54 Å². The lowest BCUT2D eigenvalue weighted by atomic mass is 10.1. The maximum atomic E-state index is 5.67. The molecule has 3 aromatic rings. The molecule has 2 N–H and O–H groups in total. The normalized spacial score (nSPS) is 11.1. The van der Waals surface area contributed by atoms with Crippen molar-refractivity contribution < 1.29 is 0 Å². The minimum Gasteiger partial charge on any atom is -0.343 e. The van der Waals surface area contributed by atoms with Gasteiger partial charge in [0.15, 0.2) is 0 Å². The first kappa shape index (κ1) is 12.4. The quantitative estimate of drug-likeness (QED) is 0.806. The van der Waals surface area contributed by atoms with Gasteiger partial charge < -0.3 is 10.3 Å². The molecule has 0 spiro atoms. The van der Waals surface area contributed by atoms with Gasteiger partial charge in [0, 0.05) is 41.7 Å². The predicted octanol–water partition coefficient (Wildman–Crippen LogP) is 3.31. The van der Waals surface area contributed by atoms with Gasteiger partial charge in [-0.3, -0.25) is 4.98 Å². The molecule has 0 fully saturated rings. The largest absolute Gasteiger partial charge is 0.343 e. The van der Waals surface area contributed by atoms with Crippen molar-refractivity contribution in [3.8, 4) is 0 Å². The van der Waals surface area contributed by atoms with Crippen LogP contribution in [0.25, 0.3) is 10.9 Å². The zero-order valence-corrected chi connectivity index (χ0v) is 12.0. The summed E-state index contributed by atoms with van der Waals surface area (Å²) in [5.74, 6) is 0. The summed E-state index contributed by atoms with van der Waals surface area (Å²) in [5, 5.41) is 1.23. The molecular formula is C15H14BrN3. The smallest absolute Gasteiger partial charge is 0.0491 e. The van der Waals surface area contributed by atoms with Crippen molar-refractivity contribution in [2.24, 2.45) is 5.73 Å². The van der Waals surface area contributed by atoms with Gasteiger partial charge in [-0.25, -0.2) is 0 Å². The number of fused-ring (bicyclic) bond motifs is 1. The second kappa shape index (κ2) is 5.15. The van der Waals surface area contributed by atoms with Crippen LogP contribution in [0.2, 0.25) is 0 Å². The van der Waals surface area contributed by atoms with Crippen LogP contribution in [0.1, 0.15) is 11.1 Å². The molecule has 96 valence electrons. The highest BCUT2D eigenvalue weighted by atomic mass is 79.9.